The van der Waals surface area contributed by atoms with Crippen molar-refractivity contribution in [3.8, 4) is 0 Å². The van der Waals surface area contributed by atoms with Crippen molar-refractivity contribution in [2.45, 2.75) is 20.3 Å². The highest BCUT2D eigenvalue weighted by atomic mass is 35.5. The third-order valence-electron chi connectivity index (χ3n) is 2.86. The number of hydrogen-bond acceptors (Lipinski definition) is 4. The van der Waals surface area contributed by atoms with E-state index in [1.54, 1.807) is 0 Å². The van der Waals surface area contributed by atoms with Gasteiger partial charge in [-0.1, -0.05) is 25.4 Å². The second-order valence-corrected chi connectivity index (χ2v) is 5.62. The van der Waals surface area contributed by atoms with Gasteiger partial charge in [0.25, 0.3) is 11.6 Å². The fourth-order valence-corrected chi connectivity index (χ4v) is 2.16. The highest BCUT2D eigenvalue weighted by molar-refractivity contribution is 6.34. The van der Waals surface area contributed by atoms with Crippen molar-refractivity contribution in [2.75, 3.05) is 13.1 Å². The van der Waals surface area contributed by atoms with E-state index in [2.05, 4.69) is 0 Å². The van der Waals surface area contributed by atoms with E-state index in [0.717, 1.165) is 6.07 Å². The SMILES string of the molecule is CC(C)CN(CCC(=O)O)C(=O)c1ccc([N+](=O)[O-])cc1Cl. The minimum Gasteiger partial charge on any atom is -0.481 e. The lowest BCUT2D eigenvalue weighted by molar-refractivity contribution is -0.384. The summed E-state index contributed by atoms with van der Waals surface area (Å²) in [6.45, 7) is 4.23. The first-order chi connectivity index (χ1) is 10.2. The van der Waals surface area contributed by atoms with Crippen LogP contribution in [0.5, 0.6) is 0 Å². The van der Waals surface area contributed by atoms with Gasteiger partial charge >= 0.3 is 5.97 Å². The van der Waals surface area contributed by atoms with E-state index in [4.69, 9.17) is 16.7 Å². The smallest absolute Gasteiger partial charge is 0.305 e. The summed E-state index contributed by atoms with van der Waals surface area (Å²) in [5.41, 5.74) is -0.0826. The van der Waals surface area contributed by atoms with E-state index in [9.17, 15) is 19.7 Å². The number of halogens is 1. The molecule has 0 unspecified atom stereocenters. The zero-order chi connectivity index (χ0) is 16.9. The Morgan fingerprint density at radius 2 is 2.05 bits per heavy atom. The molecule has 0 saturated heterocycles. The fraction of sp³-hybridized carbons (Fsp3) is 0.429. The molecule has 8 heteroatoms. The number of carbonyl (C=O) groups excluding carboxylic acids is 1. The molecule has 0 aliphatic carbocycles. The maximum atomic E-state index is 12.5. The summed E-state index contributed by atoms with van der Waals surface area (Å²) < 4.78 is 0. The Kier molecular flexibility index (Phi) is 6.30. The number of aliphatic carboxylic acids is 1. The van der Waals surface area contributed by atoms with E-state index in [1.807, 2.05) is 13.8 Å². The summed E-state index contributed by atoms with van der Waals surface area (Å²) in [6, 6.07) is 3.60. The van der Waals surface area contributed by atoms with Crippen LogP contribution in [0.15, 0.2) is 18.2 Å². The van der Waals surface area contributed by atoms with Gasteiger partial charge in [-0.05, 0) is 12.0 Å². The van der Waals surface area contributed by atoms with Crippen LogP contribution in [-0.4, -0.2) is 39.9 Å². The molecule has 0 atom stereocenters. The van der Waals surface area contributed by atoms with E-state index in [0.29, 0.717) is 6.54 Å². The van der Waals surface area contributed by atoms with Gasteiger partial charge in [-0.15, -0.1) is 0 Å². The lowest BCUT2D eigenvalue weighted by atomic mass is 10.1. The number of hydrogen-bond donors (Lipinski definition) is 1. The van der Waals surface area contributed by atoms with Crippen LogP contribution >= 0.6 is 11.6 Å². The molecule has 0 bridgehead atoms. The maximum Gasteiger partial charge on any atom is 0.305 e. The Balaban J connectivity index is 3.02. The monoisotopic (exact) mass is 328 g/mol. The van der Waals surface area contributed by atoms with Gasteiger partial charge in [-0.2, -0.15) is 0 Å². The summed E-state index contributed by atoms with van der Waals surface area (Å²) >= 11 is 5.94. The van der Waals surface area contributed by atoms with Crippen LogP contribution in [0.25, 0.3) is 0 Å². The molecule has 0 heterocycles. The van der Waals surface area contributed by atoms with E-state index >= 15 is 0 Å². The molecule has 0 spiro atoms. The first kappa shape index (κ1) is 17.9. The summed E-state index contributed by atoms with van der Waals surface area (Å²) in [6.07, 6.45) is -0.178. The molecular formula is C14H17ClN2O5. The molecular weight excluding hydrogens is 312 g/mol. The highest BCUT2D eigenvalue weighted by Crippen LogP contribution is 2.24. The third kappa shape index (κ3) is 5.00. The van der Waals surface area contributed by atoms with Crippen molar-refractivity contribution < 1.29 is 19.6 Å². The Bertz CT molecular complexity index is 589. The average Bonchev–Trinajstić information content (AvgIpc) is 2.41. The zero-order valence-corrected chi connectivity index (χ0v) is 13.0. The molecule has 0 aliphatic rings. The van der Waals surface area contributed by atoms with Crippen LogP contribution in [-0.2, 0) is 4.79 Å². The van der Waals surface area contributed by atoms with Gasteiger partial charge in [0, 0.05) is 25.2 Å². The Morgan fingerprint density at radius 3 is 2.50 bits per heavy atom. The Morgan fingerprint density at radius 1 is 1.41 bits per heavy atom. The van der Waals surface area contributed by atoms with Gasteiger partial charge in [-0.25, -0.2) is 0 Å². The normalized spacial score (nSPS) is 10.5. The number of nitrogens with zero attached hydrogens (tertiary/aromatic N) is 2. The Hall–Kier alpha value is -2.15. The van der Waals surface area contributed by atoms with Gasteiger partial charge < -0.3 is 10.0 Å². The van der Waals surface area contributed by atoms with E-state index < -0.39 is 16.8 Å². The lowest BCUT2D eigenvalue weighted by Gasteiger charge is -2.24. The largest absolute Gasteiger partial charge is 0.481 e. The second-order valence-electron chi connectivity index (χ2n) is 5.21. The van der Waals surface area contributed by atoms with Gasteiger partial charge in [0.15, 0.2) is 0 Å². The molecule has 1 amide bonds. The standard InChI is InChI=1S/C14H17ClN2O5/c1-9(2)8-16(6-5-13(18)19)14(20)11-4-3-10(17(21)22)7-12(11)15/h3-4,7,9H,5-6,8H2,1-2H3,(H,18,19). The third-order valence-corrected chi connectivity index (χ3v) is 3.17. The number of carbonyl (C=O) groups is 2. The molecule has 0 aromatic heterocycles. The number of carboxylic acid groups (broad SMARTS) is 1. The fourth-order valence-electron chi connectivity index (χ4n) is 1.91. The van der Waals surface area contributed by atoms with Crippen molar-refractivity contribution in [1.29, 1.82) is 0 Å². The molecule has 0 aliphatic heterocycles. The van der Waals surface area contributed by atoms with Gasteiger partial charge in [0.1, 0.15) is 0 Å². The molecule has 1 aromatic rings. The summed E-state index contributed by atoms with van der Waals surface area (Å²) in [5.74, 6) is -1.29. The van der Waals surface area contributed by atoms with Crippen LogP contribution < -0.4 is 0 Å². The van der Waals surface area contributed by atoms with Crippen molar-refractivity contribution in [3.05, 3.63) is 38.9 Å². The highest BCUT2D eigenvalue weighted by Gasteiger charge is 2.21. The maximum absolute atomic E-state index is 12.5. The molecule has 0 fully saturated rings. The molecule has 22 heavy (non-hydrogen) atoms. The zero-order valence-electron chi connectivity index (χ0n) is 12.3. The van der Waals surface area contributed by atoms with Crippen molar-refractivity contribution in [3.63, 3.8) is 0 Å². The number of non-ortho nitro benzene ring substituents is 1. The molecule has 1 N–H and O–H groups in total. The number of rotatable bonds is 7. The van der Waals surface area contributed by atoms with Gasteiger partial charge in [-0.3, -0.25) is 19.7 Å². The average molecular weight is 329 g/mol. The van der Waals surface area contributed by atoms with Crippen molar-refractivity contribution in [2.24, 2.45) is 5.92 Å². The second kappa shape index (κ2) is 7.74. The molecule has 0 saturated carbocycles. The van der Waals surface area contributed by atoms with E-state index in [-0.39, 0.29) is 35.2 Å². The number of nitro groups is 1. The van der Waals surface area contributed by atoms with E-state index in [1.165, 1.54) is 17.0 Å². The summed E-state index contributed by atoms with van der Waals surface area (Å²) in [7, 11) is 0. The number of nitro benzene ring substituents is 1. The molecule has 1 rings (SSSR count). The van der Waals surface area contributed by atoms with Crippen molar-refractivity contribution in [1.82, 2.24) is 4.90 Å². The number of amides is 1. The molecule has 7 nitrogen and oxygen atoms in total. The first-order valence-corrected chi connectivity index (χ1v) is 7.05. The van der Waals surface area contributed by atoms with Crippen LogP contribution in [0.3, 0.4) is 0 Å². The summed E-state index contributed by atoms with van der Waals surface area (Å²) in [4.78, 5) is 34.6. The van der Waals surface area contributed by atoms with Crippen LogP contribution in [0.4, 0.5) is 5.69 Å². The predicted octanol–water partition coefficient (Wildman–Crippen LogP) is 2.82. The minimum atomic E-state index is -1.00. The van der Waals surface area contributed by atoms with Crippen LogP contribution in [0.2, 0.25) is 5.02 Å². The molecule has 1 aromatic carbocycles. The van der Waals surface area contributed by atoms with Crippen LogP contribution in [0, 0.1) is 16.0 Å². The Labute approximate surface area is 132 Å². The number of benzene rings is 1. The first-order valence-electron chi connectivity index (χ1n) is 6.67. The predicted molar refractivity (Wildman–Crippen MR) is 81.1 cm³/mol. The summed E-state index contributed by atoms with van der Waals surface area (Å²) in [5, 5.41) is 19.4. The minimum absolute atomic E-state index is 0.0247. The van der Waals surface area contributed by atoms with Gasteiger partial charge in [0.05, 0.1) is 21.9 Å². The number of carboxylic acids is 1. The lowest BCUT2D eigenvalue weighted by Crippen LogP contribution is -2.36. The van der Waals surface area contributed by atoms with Crippen molar-refractivity contribution >= 4 is 29.2 Å². The quantitative estimate of drug-likeness (QED) is 0.612. The molecule has 0 radical (unpaired) electrons. The molecule has 120 valence electrons. The van der Waals surface area contributed by atoms with Crippen LogP contribution in [0.1, 0.15) is 30.6 Å². The van der Waals surface area contributed by atoms with Gasteiger partial charge in [0.2, 0.25) is 0 Å². The topological polar surface area (TPSA) is 101 Å².